The first-order valence-corrected chi connectivity index (χ1v) is 15.4. The molecule has 1 aliphatic rings. The van der Waals surface area contributed by atoms with E-state index in [9.17, 15) is 22.8 Å². The minimum absolute atomic E-state index is 0.0826. The van der Waals surface area contributed by atoms with Gasteiger partial charge in [-0.2, -0.15) is 4.99 Å². The molecule has 2 heterocycles. The van der Waals surface area contributed by atoms with Crippen LogP contribution in [0.25, 0.3) is 17.1 Å². The van der Waals surface area contributed by atoms with E-state index < -0.39 is 6.36 Å². The molecule has 1 saturated heterocycles. The van der Waals surface area contributed by atoms with Crippen molar-refractivity contribution in [3.63, 3.8) is 0 Å². The first-order valence-electron chi connectivity index (χ1n) is 14.4. The molecule has 1 aliphatic heterocycles. The molecule has 234 valence electrons. The van der Waals surface area contributed by atoms with E-state index in [1.807, 2.05) is 44.2 Å². The van der Waals surface area contributed by atoms with Crippen LogP contribution in [-0.2, 0) is 16.0 Å². The van der Waals surface area contributed by atoms with Gasteiger partial charge in [0, 0.05) is 12.0 Å². The number of alkyl halides is 3. The maximum atomic E-state index is 12.9. The molecule has 45 heavy (non-hydrogen) atoms. The van der Waals surface area contributed by atoms with Crippen molar-refractivity contribution in [2.45, 2.75) is 59.2 Å². The van der Waals surface area contributed by atoms with Gasteiger partial charge >= 0.3 is 6.36 Å². The van der Waals surface area contributed by atoms with Crippen LogP contribution in [0.2, 0.25) is 0 Å². The number of carbonyl (C=O) groups is 2. The maximum Gasteiger partial charge on any atom is 0.573 e. The van der Waals surface area contributed by atoms with E-state index in [-0.39, 0.29) is 35.7 Å². The van der Waals surface area contributed by atoms with Gasteiger partial charge in [0.1, 0.15) is 12.1 Å². The Bertz CT molecular complexity index is 1750. The van der Waals surface area contributed by atoms with Gasteiger partial charge in [-0.25, -0.2) is 9.67 Å². The van der Waals surface area contributed by atoms with Crippen molar-refractivity contribution in [2.24, 2.45) is 4.99 Å². The maximum absolute atomic E-state index is 12.9. The quantitative estimate of drug-likeness (QED) is 0.189. The summed E-state index contributed by atoms with van der Waals surface area (Å²) in [6, 6.07) is 17.1. The lowest BCUT2D eigenvalue weighted by atomic mass is 9.95. The zero-order valence-corrected chi connectivity index (χ0v) is 26.1. The van der Waals surface area contributed by atoms with E-state index in [0.717, 1.165) is 33.5 Å². The Kier molecular flexibility index (Phi) is 9.42. The molecule has 0 aliphatic carbocycles. The molecule has 8 nitrogen and oxygen atoms in total. The van der Waals surface area contributed by atoms with Crippen LogP contribution >= 0.6 is 11.8 Å². The fraction of sp³-hybridized carbons (Fsp3) is 0.303. The largest absolute Gasteiger partial charge is 0.573 e. The number of amidine groups is 1. The van der Waals surface area contributed by atoms with Crippen molar-refractivity contribution >= 4 is 34.4 Å². The first-order chi connectivity index (χ1) is 21.4. The number of thioether (sulfide) groups is 1. The summed E-state index contributed by atoms with van der Waals surface area (Å²) in [6.07, 6.45) is -1.87. The Morgan fingerprint density at radius 2 is 1.84 bits per heavy atom. The molecule has 0 unspecified atom stereocenters. The Morgan fingerprint density at radius 3 is 2.56 bits per heavy atom. The third-order valence-electron chi connectivity index (χ3n) is 7.17. The Labute approximate surface area is 263 Å². The number of hydrogen-bond donors (Lipinski definition) is 0. The Hall–Kier alpha value is -4.45. The summed E-state index contributed by atoms with van der Waals surface area (Å²) in [7, 11) is 0. The normalized spacial score (nSPS) is 14.5. The highest BCUT2D eigenvalue weighted by Gasteiger charge is 2.33. The van der Waals surface area contributed by atoms with Crippen molar-refractivity contribution < 1.29 is 27.5 Å². The van der Waals surface area contributed by atoms with E-state index in [2.05, 4.69) is 39.7 Å². The summed E-state index contributed by atoms with van der Waals surface area (Å²) in [5.41, 5.74) is 6.24. The Morgan fingerprint density at radius 1 is 1.09 bits per heavy atom. The van der Waals surface area contributed by atoms with Crippen LogP contribution in [0.5, 0.6) is 5.75 Å². The van der Waals surface area contributed by atoms with Crippen LogP contribution in [0, 0.1) is 13.8 Å². The second-order valence-corrected chi connectivity index (χ2v) is 12.0. The van der Waals surface area contributed by atoms with Gasteiger partial charge in [0.2, 0.25) is 11.8 Å². The summed E-state index contributed by atoms with van der Waals surface area (Å²) in [6.45, 7) is 8.18. The number of aryl methyl sites for hydroxylation is 3. The van der Waals surface area contributed by atoms with E-state index in [0.29, 0.717) is 29.5 Å². The SMILES string of the molecule is Cc1cc(C)c(N2C(=O)CSC2=NC(=O)CCCc2cccc(-c3ncn(-c4ccc(OC(F)(F)F)cc4)n3)c2)c(C(C)C)c1. The fourth-order valence-electron chi connectivity index (χ4n) is 5.20. The topological polar surface area (TPSA) is 89.7 Å². The van der Waals surface area contributed by atoms with Gasteiger partial charge < -0.3 is 4.74 Å². The number of halogens is 3. The second-order valence-electron chi connectivity index (χ2n) is 11.1. The average molecular weight is 636 g/mol. The summed E-state index contributed by atoms with van der Waals surface area (Å²) in [5.74, 6) is 0.202. The molecule has 5 rings (SSSR count). The van der Waals surface area contributed by atoms with Gasteiger partial charge in [-0.05, 0) is 79.6 Å². The van der Waals surface area contributed by atoms with E-state index in [1.54, 1.807) is 4.90 Å². The molecule has 1 aromatic heterocycles. The molecule has 2 amide bonds. The highest BCUT2D eigenvalue weighted by molar-refractivity contribution is 8.15. The summed E-state index contributed by atoms with van der Waals surface area (Å²) < 4.78 is 42.7. The lowest BCUT2D eigenvalue weighted by Gasteiger charge is -2.24. The number of ether oxygens (including phenoxy) is 1. The van der Waals surface area contributed by atoms with Crippen molar-refractivity contribution in [3.05, 3.63) is 89.2 Å². The zero-order chi connectivity index (χ0) is 32.3. The zero-order valence-electron chi connectivity index (χ0n) is 25.3. The molecule has 3 aromatic carbocycles. The number of aliphatic imine (C=N–C) groups is 1. The minimum Gasteiger partial charge on any atom is -0.406 e. The van der Waals surface area contributed by atoms with Crippen molar-refractivity contribution in [1.29, 1.82) is 0 Å². The summed E-state index contributed by atoms with van der Waals surface area (Å²) in [4.78, 5) is 36.2. The third kappa shape index (κ3) is 7.80. The second kappa shape index (κ2) is 13.3. The number of hydrogen-bond acceptors (Lipinski definition) is 6. The van der Waals surface area contributed by atoms with E-state index >= 15 is 0 Å². The number of nitrogens with zero attached hydrogens (tertiary/aromatic N) is 5. The van der Waals surface area contributed by atoms with Crippen molar-refractivity contribution in [3.8, 4) is 22.8 Å². The predicted octanol–water partition coefficient (Wildman–Crippen LogP) is 7.56. The van der Waals surface area contributed by atoms with Crippen molar-refractivity contribution in [1.82, 2.24) is 14.8 Å². The van der Waals surface area contributed by atoms with Gasteiger partial charge in [-0.1, -0.05) is 61.5 Å². The highest BCUT2D eigenvalue weighted by atomic mass is 32.2. The van der Waals surface area contributed by atoms with Crippen LogP contribution < -0.4 is 9.64 Å². The molecule has 0 bridgehead atoms. The number of aromatic nitrogens is 3. The van der Waals surface area contributed by atoms with Gasteiger partial charge in [-0.3, -0.25) is 14.5 Å². The smallest absolute Gasteiger partial charge is 0.406 e. The van der Waals surface area contributed by atoms with Crippen LogP contribution in [0.3, 0.4) is 0 Å². The highest BCUT2D eigenvalue weighted by Crippen LogP contribution is 2.37. The lowest BCUT2D eigenvalue weighted by Crippen LogP contribution is -2.31. The monoisotopic (exact) mass is 635 g/mol. The predicted molar refractivity (Wildman–Crippen MR) is 169 cm³/mol. The van der Waals surface area contributed by atoms with Gasteiger partial charge in [0.25, 0.3) is 0 Å². The van der Waals surface area contributed by atoms with Gasteiger partial charge in [0.05, 0.1) is 17.1 Å². The fourth-order valence-corrected chi connectivity index (χ4v) is 6.07. The van der Waals surface area contributed by atoms with E-state index in [1.165, 1.54) is 47.0 Å². The number of rotatable bonds is 9. The summed E-state index contributed by atoms with van der Waals surface area (Å²) in [5, 5.41) is 4.89. The molecule has 0 radical (unpaired) electrons. The average Bonchev–Trinajstić information content (AvgIpc) is 3.60. The lowest BCUT2D eigenvalue weighted by molar-refractivity contribution is -0.274. The number of carbonyl (C=O) groups excluding carboxylic acids is 2. The molecular weight excluding hydrogens is 603 g/mol. The van der Waals surface area contributed by atoms with Gasteiger partial charge in [0.15, 0.2) is 11.0 Å². The van der Waals surface area contributed by atoms with Crippen LogP contribution in [0.4, 0.5) is 18.9 Å². The number of benzene rings is 3. The van der Waals surface area contributed by atoms with Crippen LogP contribution in [-0.4, -0.2) is 43.9 Å². The molecular formula is C33H32F3N5O3S. The molecule has 12 heteroatoms. The first kappa shape index (κ1) is 32.0. The third-order valence-corrected chi connectivity index (χ3v) is 8.10. The summed E-state index contributed by atoms with van der Waals surface area (Å²) >= 11 is 1.29. The molecule has 4 aromatic rings. The molecule has 0 atom stereocenters. The Balaban J connectivity index is 1.22. The molecule has 0 saturated carbocycles. The van der Waals surface area contributed by atoms with Crippen LogP contribution in [0.1, 0.15) is 54.9 Å². The molecule has 0 spiro atoms. The van der Waals surface area contributed by atoms with Crippen LogP contribution in [0.15, 0.2) is 72.0 Å². The standard InChI is InChI=1S/C33H32F3N5O3S/c1-20(2)27-16-21(3)15-22(4)30(27)41-29(43)18-45-32(41)38-28(42)10-6-8-23-7-5-9-24(17-23)31-37-19-40(39-31)25-11-13-26(14-12-25)44-33(34,35)36/h5,7,9,11-17,19-20H,6,8,10,18H2,1-4H3. The number of amides is 2. The van der Waals surface area contributed by atoms with Crippen molar-refractivity contribution in [2.75, 3.05) is 10.7 Å². The molecule has 1 fully saturated rings. The minimum atomic E-state index is -4.76. The van der Waals surface area contributed by atoms with Gasteiger partial charge in [-0.15, -0.1) is 18.3 Å². The number of anilines is 1. The van der Waals surface area contributed by atoms with E-state index in [4.69, 9.17) is 0 Å². The molecule has 0 N–H and O–H groups in total.